The first-order valence-corrected chi connectivity index (χ1v) is 7.82. The van der Waals surface area contributed by atoms with Gasteiger partial charge in [0.05, 0.1) is 23.4 Å². The van der Waals surface area contributed by atoms with Crippen LogP contribution in [0.1, 0.15) is 16.8 Å². The number of aliphatic hydroxyl groups excluding tert-OH is 1. The molecule has 0 bridgehead atoms. The Bertz CT molecular complexity index is 789. The lowest BCUT2D eigenvalue weighted by atomic mass is 10.1. The summed E-state index contributed by atoms with van der Waals surface area (Å²) in [6.45, 7) is 1.23. The maximum absolute atomic E-state index is 12.0. The van der Waals surface area contributed by atoms with Crippen molar-refractivity contribution < 1.29 is 18.6 Å². The predicted octanol–water partition coefficient (Wildman–Crippen LogP) is 0.900. The molecular formula is C14H15N3O4S. The number of nitrogens with one attached hydrogen (secondary N) is 1. The SMILES string of the molecule is Cc1ncc(CO)c(C=NNS(=O)(=O)c2ccccc2)c1O. The van der Waals surface area contributed by atoms with Crippen molar-refractivity contribution in [3.63, 3.8) is 0 Å². The van der Waals surface area contributed by atoms with Gasteiger partial charge in [-0.25, -0.2) is 4.83 Å². The molecule has 1 aromatic carbocycles. The molecule has 0 aliphatic rings. The minimum Gasteiger partial charge on any atom is -0.505 e. The summed E-state index contributed by atoms with van der Waals surface area (Å²) in [6, 6.07) is 7.77. The molecule has 3 N–H and O–H groups in total. The van der Waals surface area contributed by atoms with Crippen LogP contribution in [0.4, 0.5) is 0 Å². The summed E-state index contributed by atoms with van der Waals surface area (Å²) >= 11 is 0. The normalized spacial score (nSPS) is 11.7. The number of rotatable bonds is 5. The van der Waals surface area contributed by atoms with Crippen molar-refractivity contribution in [2.45, 2.75) is 18.4 Å². The van der Waals surface area contributed by atoms with E-state index in [1.165, 1.54) is 18.3 Å². The lowest BCUT2D eigenvalue weighted by Crippen LogP contribution is -2.18. The number of aromatic nitrogens is 1. The summed E-state index contributed by atoms with van der Waals surface area (Å²) < 4.78 is 24.0. The molecule has 0 fully saturated rings. The molecule has 8 heteroatoms. The number of aliphatic hydroxyl groups is 1. The average Bonchev–Trinajstić information content (AvgIpc) is 2.52. The summed E-state index contributed by atoms with van der Waals surface area (Å²) in [6.07, 6.45) is 2.53. The van der Waals surface area contributed by atoms with E-state index >= 15 is 0 Å². The van der Waals surface area contributed by atoms with Crippen molar-refractivity contribution >= 4 is 16.2 Å². The predicted molar refractivity (Wildman–Crippen MR) is 80.9 cm³/mol. The minimum absolute atomic E-state index is 0.0738. The first-order chi connectivity index (χ1) is 10.5. The highest BCUT2D eigenvalue weighted by Gasteiger charge is 2.12. The van der Waals surface area contributed by atoms with E-state index in [1.807, 2.05) is 0 Å². The number of aryl methyl sites for hydroxylation is 1. The van der Waals surface area contributed by atoms with Crippen molar-refractivity contribution in [3.05, 3.63) is 53.3 Å². The van der Waals surface area contributed by atoms with Gasteiger partial charge in [-0.2, -0.15) is 13.5 Å². The van der Waals surface area contributed by atoms with Crippen molar-refractivity contribution in [1.82, 2.24) is 9.82 Å². The van der Waals surface area contributed by atoms with Crippen LogP contribution in [-0.4, -0.2) is 29.8 Å². The Morgan fingerprint density at radius 1 is 1.32 bits per heavy atom. The zero-order valence-corrected chi connectivity index (χ0v) is 12.6. The summed E-state index contributed by atoms with van der Waals surface area (Å²) in [5.74, 6) is -0.158. The molecule has 0 amide bonds. The van der Waals surface area contributed by atoms with Gasteiger partial charge in [-0.1, -0.05) is 18.2 Å². The standard InChI is InChI=1S/C14H15N3O4S/c1-10-14(19)13(11(9-18)7-15-10)8-16-17-22(20,21)12-5-3-2-4-6-12/h2-8,17-19H,9H2,1H3. The van der Waals surface area contributed by atoms with Crippen LogP contribution >= 0.6 is 0 Å². The second kappa shape index (κ2) is 6.54. The second-order valence-corrected chi connectivity index (χ2v) is 6.12. The van der Waals surface area contributed by atoms with Crippen LogP contribution in [0.15, 0.2) is 46.5 Å². The quantitative estimate of drug-likeness (QED) is 0.559. The first kappa shape index (κ1) is 15.9. The van der Waals surface area contributed by atoms with E-state index < -0.39 is 10.0 Å². The van der Waals surface area contributed by atoms with Gasteiger partial charge in [0.1, 0.15) is 5.75 Å². The second-order valence-electron chi connectivity index (χ2n) is 4.46. The number of aromatic hydroxyl groups is 1. The largest absolute Gasteiger partial charge is 0.505 e. The number of hydrogen-bond acceptors (Lipinski definition) is 6. The smallest absolute Gasteiger partial charge is 0.276 e. The molecule has 0 atom stereocenters. The summed E-state index contributed by atoms with van der Waals surface area (Å²) in [5, 5.41) is 22.8. The molecule has 22 heavy (non-hydrogen) atoms. The van der Waals surface area contributed by atoms with E-state index in [0.717, 1.165) is 6.21 Å². The molecule has 116 valence electrons. The van der Waals surface area contributed by atoms with E-state index in [4.69, 9.17) is 0 Å². The fourth-order valence-corrected chi connectivity index (χ4v) is 2.55. The monoisotopic (exact) mass is 321 g/mol. The van der Waals surface area contributed by atoms with Crippen LogP contribution in [0, 0.1) is 6.92 Å². The molecular weight excluding hydrogens is 306 g/mol. The van der Waals surface area contributed by atoms with E-state index in [0.29, 0.717) is 11.3 Å². The third-order valence-corrected chi connectivity index (χ3v) is 4.19. The molecule has 0 saturated carbocycles. The maximum atomic E-state index is 12.0. The molecule has 0 unspecified atom stereocenters. The van der Waals surface area contributed by atoms with Crippen LogP contribution in [0.2, 0.25) is 0 Å². The van der Waals surface area contributed by atoms with Gasteiger partial charge in [-0.05, 0) is 19.1 Å². The van der Waals surface area contributed by atoms with E-state index in [-0.39, 0.29) is 22.8 Å². The number of benzene rings is 1. The first-order valence-electron chi connectivity index (χ1n) is 6.34. The molecule has 0 saturated heterocycles. The van der Waals surface area contributed by atoms with Crippen LogP contribution in [0.5, 0.6) is 5.75 Å². The summed E-state index contributed by atoms with van der Waals surface area (Å²) in [4.78, 5) is 6.03. The molecule has 2 aromatic rings. The van der Waals surface area contributed by atoms with E-state index in [2.05, 4.69) is 14.9 Å². The average molecular weight is 321 g/mol. The Morgan fingerprint density at radius 3 is 2.64 bits per heavy atom. The Hall–Kier alpha value is -2.45. The van der Waals surface area contributed by atoms with Gasteiger partial charge in [-0.15, -0.1) is 0 Å². The van der Waals surface area contributed by atoms with Crippen molar-refractivity contribution in [1.29, 1.82) is 0 Å². The van der Waals surface area contributed by atoms with Crippen molar-refractivity contribution in [3.8, 4) is 5.75 Å². The maximum Gasteiger partial charge on any atom is 0.276 e. The molecule has 7 nitrogen and oxygen atoms in total. The highest BCUT2D eigenvalue weighted by atomic mass is 32.2. The van der Waals surface area contributed by atoms with Gasteiger partial charge < -0.3 is 10.2 Å². The summed E-state index contributed by atoms with van der Waals surface area (Å²) in [7, 11) is -3.78. The lowest BCUT2D eigenvalue weighted by Gasteiger charge is -2.07. The van der Waals surface area contributed by atoms with Gasteiger partial charge in [0.2, 0.25) is 0 Å². The number of sulfonamides is 1. The number of hydrogen-bond donors (Lipinski definition) is 3. The van der Waals surface area contributed by atoms with Gasteiger partial charge in [0.15, 0.2) is 0 Å². The Morgan fingerprint density at radius 2 is 2.00 bits per heavy atom. The van der Waals surface area contributed by atoms with Crippen LogP contribution in [-0.2, 0) is 16.6 Å². The van der Waals surface area contributed by atoms with Gasteiger partial charge >= 0.3 is 0 Å². The molecule has 0 radical (unpaired) electrons. The van der Waals surface area contributed by atoms with E-state index in [9.17, 15) is 18.6 Å². The molecule has 0 aliphatic heterocycles. The molecule has 2 rings (SSSR count). The fourth-order valence-electron chi connectivity index (χ4n) is 1.74. The van der Waals surface area contributed by atoms with Gasteiger partial charge in [0, 0.05) is 17.3 Å². The molecule has 1 heterocycles. The highest BCUT2D eigenvalue weighted by Crippen LogP contribution is 2.21. The molecule has 0 aliphatic carbocycles. The van der Waals surface area contributed by atoms with Crippen LogP contribution < -0.4 is 4.83 Å². The zero-order valence-electron chi connectivity index (χ0n) is 11.8. The lowest BCUT2D eigenvalue weighted by molar-refractivity contribution is 0.280. The third-order valence-electron chi connectivity index (χ3n) is 2.95. The molecule has 1 aromatic heterocycles. The van der Waals surface area contributed by atoms with Crippen LogP contribution in [0.3, 0.4) is 0 Å². The van der Waals surface area contributed by atoms with Gasteiger partial charge in [0.25, 0.3) is 10.0 Å². The Kier molecular flexibility index (Phi) is 4.74. The Labute approximate surface area is 128 Å². The number of pyridine rings is 1. The van der Waals surface area contributed by atoms with Crippen molar-refractivity contribution in [2.24, 2.45) is 5.10 Å². The Balaban J connectivity index is 2.26. The summed E-state index contributed by atoms with van der Waals surface area (Å²) in [5.41, 5.74) is 0.904. The number of hydrazone groups is 1. The minimum atomic E-state index is -3.78. The van der Waals surface area contributed by atoms with E-state index in [1.54, 1.807) is 25.1 Å². The van der Waals surface area contributed by atoms with Gasteiger partial charge in [-0.3, -0.25) is 4.98 Å². The fraction of sp³-hybridized carbons (Fsp3) is 0.143. The highest BCUT2D eigenvalue weighted by molar-refractivity contribution is 7.89. The zero-order chi connectivity index (χ0) is 16.2. The topological polar surface area (TPSA) is 112 Å². The number of nitrogens with zero attached hydrogens (tertiary/aromatic N) is 2. The van der Waals surface area contributed by atoms with Crippen LogP contribution in [0.25, 0.3) is 0 Å². The molecule has 0 spiro atoms. The van der Waals surface area contributed by atoms with Crippen molar-refractivity contribution in [2.75, 3.05) is 0 Å². The third kappa shape index (κ3) is 3.41.